The summed E-state index contributed by atoms with van der Waals surface area (Å²) in [4.78, 5) is 8.46. The summed E-state index contributed by atoms with van der Waals surface area (Å²) < 4.78 is 0. The smallest absolute Gasteiger partial charge is 0.0798 e. The highest BCUT2D eigenvalue weighted by atomic mass is 32.1. The minimum Gasteiger partial charge on any atom is -0.309 e. The molecule has 1 aliphatic heterocycles. The van der Waals surface area contributed by atoms with Crippen LogP contribution in [0.4, 0.5) is 0 Å². The van der Waals surface area contributed by atoms with E-state index in [0.29, 0.717) is 12.0 Å². The topological polar surface area (TPSA) is 28.2 Å². The molecule has 0 spiro atoms. The van der Waals surface area contributed by atoms with E-state index in [-0.39, 0.29) is 5.54 Å². The highest BCUT2D eigenvalue weighted by molar-refractivity contribution is 7.09. The van der Waals surface area contributed by atoms with Gasteiger partial charge in [-0.1, -0.05) is 20.8 Å². The summed E-state index contributed by atoms with van der Waals surface area (Å²) in [7, 11) is 0. The second kappa shape index (κ2) is 5.90. The summed E-state index contributed by atoms with van der Waals surface area (Å²) in [6.07, 6.45) is 1.18. The third kappa shape index (κ3) is 3.36. The number of rotatable bonds is 4. The van der Waals surface area contributed by atoms with Gasteiger partial charge in [-0.15, -0.1) is 11.3 Å². The van der Waals surface area contributed by atoms with E-state index >= 15 is 0 Å². The van der Waals surface area contributed by atoms with Gasteiger partial charge in [0, 0.05) is 36.1 Å². The van der Waals surface area contributed by atoms with E-state index in [1.807, 2.05) is 5.51 Å². The van der Waals surface area contributed by atoms with Crippen LogP contribution < -0.4 is 5.32 Å². The Morgan fingerprint density at radius 3 is 2.84 bits per heavy atom. The predicted octanol–water partition coefficient (Wildman–Crippen LogP) is 3.05. The van der Waals surface area contributed by atoms with Crippen LogP contribution in [0.25, 0.3) is 0 Å². The summed E-state index contributed by atoms with van der Waals surface area (Å²) in [5.74, 6) is 0.683. The molecule has 1 fully saturated rings. The molecule has 2 unspecified atom stereocenters. The number of aromatic nitrogens is 1. The number of nitrogens with zero attached hydrogens (tertiary/aromatic N) is 2. The molecule has 0 amide bonds. The van der Waals surface area contributed by atoms with Crippen molar-refractivity contribution < 1.29 is 0 Å². The van der Waals surface area contributed by atoms with Gasteiger partial charge in [0.15, 0.2) is 0 Å². The van der Waals surface area contributed by atoms with Crippen LogP contribution in [0, 0.1) is 12.8 Å². The second-order valence-electron chi connectivity index (χ2n) is 6.37. The van der Waals surface area contributed by atoms with E-state index < -0.39 is 0 Å². The Morgan fingerprint density at radius 2 is 2.32 bits per heavy atom. The molecule has 4 heteroatoms. The predicted molar refractivity (Wildman–Crippen MR) is 82.6 cm³/mol. The van der Waals surface area contributed by atoms with Crippen molar-refractivity contribution in [2.45, 2.75) is 59.2 Å². The molecule has 0 aliphatic carbocycles. The highest BCUT2D eigenvalue weighted by Crippen LogP contribution is 2.26. The van der Waals surface area contributed by atoms with Crippen molar-refractivity contribution in [3.05, 3.63) is 16.1 Å². The van der Waals surface area contributed by atoms with E-state index in [4.69, 9.17) is 0 Å². The van der Waals surface area contributed by atoms with Crippen LogP contribution >= 0.6 is 11.3 Å². The quantitative estimate of drug-likeness (QED) is 0.919. The molecule has 2 heterocycles. The summed E-state index contributed by atoms with van der Waals surface area (Å²) in [6.45, 7) is 14.7. The Hall–Kier alpha value is -0.450. The van der Waals surface area contributed by atoms with Crippen molar-refractivity contribution >= 4 is 11.3 Å². The van der Waals surface area contributed by atoms with Crippen LogP contribution in [-0.2, 0) is 6.54 Å². The first kappa shape index (κ1) is 14.9. The summed E-state index contributed by atoms with van der Waals surface area (Å²) in [5.41, 5.74) is 3.42. The lowest BCUT2D eigenvalue weighted by Gasteiger charge is -2.47. The van der Waals surface area contributed by atoms with Crippen LogP contribution in [0.15, 0.2) is 5.51 Å². The Morgan fingerprint density at radius 1 is 1.58 bits per heavy atom. The fraction of sp³-hybridized carbons (Fsp3) is 0.800. The van der Waals surface area contributed by atoms with E-state index in [1.54, 1.807) is 11.3 Å². The molecule has 0 aromatic carbocycles. The highest BCUT2D eigenvalue weighted by Gasteiger charge is 2.35. The standard InChI is InChI=1S/C15H27N3S/c1-6-15(5)9-18(13(7-17-15)11(2)3)8-14-12(4)16-10-19-14/h10-11,13,17H,6-9H2,1-5H3. The molecular formula is C15H27N3S. The fourth-order valence-electron chi connectivity index (χ4n) is 2.83. The van der Waals surface area contributed by atoms with Gasteiger partial charge < -0.3 is 5.32 Å². The van der Waals surface area contributed by atoms with Gasteiger partial charge in [0.25, 0.3) is 0 Å². The maximum Gasteiger partial charge on any atom is 0.0798 e. The molecule has 19 heavy (non-hydrogen) atoms. The molecule has 108 valence electrons. The maximum atomic E-state index is 4.38. The Labute approximate surface area is 121 Å². The molecule has 3 nitrogen and oxygen atoms in total. The minimum absolute atomic E-state index is 0.254. The Balaban J connectivity index is 2.14. The molecule has 1 aliphatic rings. The molecule has 1 aromatic rings. The summed E-state index contributed by atoms with van der Waals surface area (Å²) >= 11 is 1.79. The van der Waals surface area contributed by atoms with Crippen molar-refractivity contribution in [3.63, 3.8) is 0 Å². The molecule has 0 saturated carbocycles. The van der Waals surface area contributed by atoms with E-state index in [1.165, 1.54) is 17.0 Å². The average molecular weight is 281 g/mol. The van der Waals surface area contributed by atoms with Gasteiger partial charge >= 0.3 is 0 Å². The molecular weight excluding hydrogens is 254 g/mol. The number of piperazine rings is 1. The monoisotopic (exact) mass is 281 g/mol. The van der Waals surface area contributed by atoms with Crippen LogP contribution in [-0.4, -0.2) is 34.6 Å². The lowest BCUT2D eigenvalue weighted by molar-refractivity contribution is 0.0545. The number of hydrogen-bond donors (Lipinski definition) is 1. The van der Waals surface area contributed by atoms with Crippen molar-refractivity contribution in [2.24, 2.45) is 5.92 Å². The average Bonchev–Trinajstić information content (AvgIpc) is 2.75. The van der Waals surface area contributed by atoms with Crippen LogP contribution in [0.1, 0.15) is 44.7 Å². The van der Waals surface area contributed by atoms with E-state index in [0.717, 1.165) is 19.6 Å². The normalized spacial score (nSPS) is 29.1. The van der Waals surface area contributed by atoms with Gasteiger partial charge in [0.2, 0.25) is 0 Å². The van der Waals surface area contributed by atoms with Gasteiger partial charge in [-0.3, -0.25) is 4.90 Å². The lowest BCUT2D eigenvalue weighted by atomic mass is 9.90. The number of hydrogen-bond acceptors (Lipinski definition) is 4. The Bertz CT molecular complexity index is 415. The number of aryl methyl sites for hydroxylation is 1. The van der Waals surface area contributed by atoms with Crippen molar-refractivity contribution in [1.29, 1.82) is 0 Å². The molecule has 0 bridgehead atoms. The molecule has 1 aromatic heterocycles. The first-order valence-electron chi connectivity index (χ1n) is 7.33. The molecule has 2 rings (SSSR count). The largest absolute Gasteiger partial charge is 0.309 e. The second-order valence-corrected chi connectivity index (χ2v) is 7.31. The van der Waals surface area contributed by atoms with Crippen LogP contribution in [0.2, 0.25) is 0 Å². The lowest BCUT2D eigenvalue weighted by Crippen LogP contribution is -2.63. The molecule has 1 N–H and O–H groups in total. The molecule has 0 radical (unpaired) electrons. The first-order chi connectivity index (χ1) is 8.95. The summed E-state index contributed by atoms with van der Waals surface area (Å²) in [6, 6.07) is 0.626. The Kier molecular flexibility index (Phi) is 4.64. The minimum atomic E-state index is 0.254. The molecule has 1 saturated heterocycles. The third-order valence-electron chi connectivity index (χ3n) is 4.50. The maximum absolute atomic E-state index is 4.38. The van der Waals surface area contributed by atoms with Gasteiger partial charge in [-0.25, -0.2) is 4.98 Å². The number of nitrogens with one attached hydrogen (secondary N) is 1. The SMILES string of the molecule is CCC1(C)CN(Cc2scnc2C)C(C(C)C)CN1. The zero-order valence-electron chi connectivity index (χ0n) is 12.9. The number of thiazole rings is 1. The van der Waals surface area contributed by atoms with Crippen LogP contribution in [0.3, 0.4) is 0 Å². The van der Waals surface area contributed by atoms with Gasteiger partial charge in [-0.2, -0.15) is 0 Å². The summed E-state index contributed by atoms with van der Waals surface area (Å²) in [5, 5.41) is 3.75. The van der Waals surface area contributed by atoms with E-state index in [2.05, 4.69) is 49.8 Å². The van der Waals surface area contributed by atoms with Gasteiger partial charge in [0.05, 0.1) is 11.2 Å². The zero-order valence-corrected chi connectivity index (χ0v) is 13.7. The van der Waals surface area contributed by atoms with Gasteiger partial charge in [-0.05, 0) is 26.2 Å². The van der Waals surface area contributed by atoms with Gasteiger partial charge in [0.1, 0.15) is 0 Å². The zero-order chi connectivity index (χ0) is 14.0. The molecule has 2 atom stereocenters. The van der Waals surface area contributed by atoms with Crippen LogP contribution in [0.5, 0.6) is 0 Å². The van der Waals surface area contributed by atoms with Crippen molar-refractivity contribution in [1.82, 2.24) is 15.2 Å². The van der Waals surface area contributed by atoms with Crippen molar-refractivity contribution in [3.8, 4) is 0 Å². The fourth-order valence-corrected chi connectivity index (χ4v) is 3.63. The third-order valence-corrected chi connectivity index (χ3v) is 5.42. The van der Waals surface area contributed by atoms with E-state index in [9.17, 15) is 0 Å². The first-order valence-corrected chi connectivity index (χ1v) is 8.21. The van der Waals surface area contributed by atoms with Crippen molar-refractivity contribution in [2.75, 3.05) is 13.1 Å².